The Balaban J connectivity index is 2.15. The van der Waals surface area contributed by atoms with Crippen molar-refractivity contribution < 1.29 is 4.79 Å². The summed E-state index contributed by atoms with van der Waals surface area (Å²) in [7, 11) is 1.76. The first-order chi connectivity index (χ1) is 7.59. The lowest BCUT2D eigenvalue weighted by Crippen LogP contribution is -2.22. The summed E-state index contributed by atoms with van der Waals surface area (Å²) in [6.07, 6.45) is 5.98. The molecule has 1 aliphatic rings. The van der Waals surface area contributed by atoms with E-state index in [0.29, 0.717) is 17.3 Å². The molecule has 2 rings (SSSR count). The first-order valence-corrected chi connectivity index (χ1v) is 5.91. The number of Topliss-reactive ketones (excluding diaryl/α,β-unsaturated/α-hetero) is 1. The van der Waals surface area contributed by atoms with Crippen LogP contribution in [0.1, 0.15) is 43.0 Å². The van der Waals surface area contributed by atoms with Gasteiger partial charge in [0.2, 0.25) is 0 Å². The maximum absolute atomic E-state index is 12.2. The third-order valence-corrected chi connectivity index (χ3v) is 3.56. The minimum Gasteiger partial charge on any atom is -0.383 e. The lowest BCUT2D eigenvalue weighted by atomic mass is 9.79. The highest BCUT2D eigenvalue weighted by Gasteiger charge is 2.28. The van der Waals surface area contributed by atoms with Gasteiger partial charge >= 0.3 is 0 Å². The van der Waals surface area contributed by atoms with E-state index in [9.17, 15) is 4.79 Å². The largest absolute Gasteiger partial charge is 0.383 e. The number of aryl methyl sites for hydroxylation is 1. The van der Waals surface area contributed by atoms with Crippen molar-refractivity contribution in [3.05, 3.63) is 11.8 Å². The Morgan fingerprint density at radius 1 is 1.56 bits per heavy atom. The molecule has 0 radical (unpaired) electrons. The van der Waals surface area contributed by atoms with Gasteiger partial charge < -0.3 is 5.73 Å². The van der Waals surface area contributed by atoms with Gasteiger partial charge in [-0.2, -0.15) is 5.10 Å². The molecule has 2 unspecified atom stereocenters. The van der Waals surface area contributed by atoms with Gasteiger partial charge in [0.25, 0.3) is 0 Å². The summed E-state index contributed by atoms with van der Waals surface area (Å²) >= 11 is 0. The molecule has 0 saturated heterocycles. The fourth-order valence-corrected chi connectivity index (χ4v) is 2.53. The number of aromatic nitrogens is 2. The van der Waals surface area contributed by atoms with E-state index in [-0.39, 0.29) is 11.7 Å². The van der Waals surface area contributed by atoms with Crippen LogP contribution in [0.5, 0.6) is 0 Å². The number of hydrogen-bond donors (Lipinski definition) is 1. The number of carbonyl (C=O) groups excluding carboxylic acids is 1. The smallest absolute Gasteiger partial charge is 0.171 e. The van der Waals surface area contributed by atoms with Crippen molar-refractivity contribution in [2.75, 3.05) is 5.73 Å². The molecular formula is C12H19N3O. The minimum absolute atomic E-state index is 0.148. The molecule has 1 fully saturated rings. The molecule has 0 aliphatic heterocycles. The third kappa shape index (κ3) is 1.96. The Morgan fingerprint density at radius 2 is 2.31 bits per heavy atom. The number of carbonyl (C=O) groups is 1. The molecule has 4 nitrogen and oxygen atoms in total. The van der Waals surface area contributed by atoms with Crippen LogP contribution in [0.4, 0.5) is 5.82 Å². The monoisotopic (exact) mass is 221 g/mol. The number of anilines is 1. The highest BCUT2D eigenvalue weighted by molar-refractivity contribution is 6.01. The molecule has 1 aromatic heterocycles. The second-order valence-electron chi connectivity index (χ2n) is 4.90. The van der Waals surface area contributed by atoms with Crippen molar-refractivity contribution in [2.24, 2.45) is 18.9 Å². The van der Waals surface area contributed by atoms with E-state index in [1.54, 1.807) is 17.9 Å². The van der Waals surface area contributed by atoms with Gasteiger partial charge in [-0.1, -0.05) is 19.8 Å². The Labute approximate surface area is 95.8 Å². The van der Waals surface area contributed by atoms with Crippen LogP contribution < -0.4 is 5.73 Å². The standard InChI is InChI=1S/C12H19N3O/c1-8-4-3-5-9(6-8)11(16)10-7-14-15(2)12(10)13/h7-9H,3-6,13H2,1-2H3. The highest BCUT2D eigenvalue weighted by Crippen LogP contribution is 2.31. The highest BCUT2D eigenvalue weighted by atomic mass is 16.1. The zero-order valence-corrected chi connectivity index (χ0v) is 9.94. The van der Waals surface area contributed by atoms with Crippen LogP contribution in [-0.2, 0) is 7.05 Å². The van der Waals surface area contributed by atoms with E-state index in [1.165, 1.54) is 6.42 Å². The maximum Gasteiger partial charge on any atom is 0.171 e. The van der Waals surface area contributed by atoms with E-state index in [2.05, 4.69) is 12.0 Å². The molecule has 2 N–H and O–H groups in total. The van der Waals surface area contributed by atoms with Crippen molar-refractivity contribution in [2.45, 2.75) is 32.6 Å². The Morgan fingerprint density at radius 3 is 2.88 bits per heavy atom. The van der Waals surface area contributed by atoms with Crippen molar-refractivity contribution in [1.29, 1.82) is 0 Å². The number of nitrogen functional groups attached to an aromatic ring is 1. The van der Waals surface area contributed by atoms with E-state index in [0.717, 1.165) is 19.3 Å². The maximum atomic E-state index is 12.2. The zero-order valence-electron chi connectivity index (χ0n) is 9.94. The van der Waals surface area contributed by atoms with Gasteiger partial charge in [-0.15, -0.1) is 0 Å². The molecule has 16 heavy (non-hydrogen) atoms. The summed E-state index contributed by atoms with van der Waals surface area (Å²) in [5.41, 5.74) is 6.42. The van der Waals surface area contributed by atoms with Gasteiger partial charge in [0.15, 0.2) is 5.78 Å². The van der Waals surface area contributed by atoms with Gasteiger partial charge in [-0.05, 0) is 18.8 Å². The molecule has 1 aliphatic carbocycles. The summed E-state index contributed by atoms with van der Waals surface area (Å²) in [6.45, 7) is 2.21. The number of ketones is 1. The molecule has 1 heterocycles. The summed E-state index contributed by atoms with van der Waals surface area (Å²) < 4.78 is 1.56. The second-order valence-corrected chi connectivity index (χ2v) is 4.90. The molecule has 1 aromatic rings. The molecule has 88 valence electrons. The molecule has 0 amide bonds. The summed E-state index contributed by atoms with van der Waals surface area (Å²) in [5.74, 6) is 1.47. The van der Waals surface area contributed by atoms with Crippen LogP contribution in [0.25, 0.3) is 0 Å². The van der Waals surface area contributed by atoms with E-state index >= 15 is 0 Å². The van der Waals surface area contributed by atoms with Gasteiger partial charge in [0.1, 0.15) is 5.82 Å². The number of hydrogen-bond acceptors (Lipinski definition) is 3. The van der Waals surface area contributed by atoms with Crippen LogP contribution in [-0.4, -0.2) is 15.6 Å². The van der Waals surface area contributed by atoms with Gasteiger partial charge in [0.05, 0.1) is 11.8 Å². The van der Waals surface area contributed by atoms with Crippen molar-refractivity contribution in [3.8, 4) is 0 Å². The van der Waals surface area contributed by atoms with Crippen molar-refractivity contribution in [3.63, 3.8) is 0 Å². The Hall–Kier alpha value is -1.32. The molecule has 4 heteroatoms. The van der Waals surface area contributed by atoms with Crippen LogP contribution in [0, 0.1) is 11.8 Å². The number of nitrogens with zero attached hydrogens (tertiary/aromatic N) is 2. The summed E-state index contributed by atoms with van der Waals surface area (Å²) in [5, 5.41) is 4.02. The summed E-state index contributed by atoms with van der Waals surface area (Å²) in [6, 6.07) is 0. The predicted molar refractivity (Wildman–Crippen MR) is 63.1 cm³/mol. The minimum atomic E-state index is 0.148. The van der Waals surface area contributed by atoms with Crippen LogP contribution in [0.15, 0.2) is 6.20 Å². The zero-order chi connectivity index (χ0) is 11.7. The normalized spacial score (nSPS) is 25.6. The van der Waals surface area contributed by atoms with Crippen LogP contribution in [0.3, 0.4) is 0 Å². The quantitative estimate of drug-likeness (QED) is 0.777. The van der Waals surface area contributed by atoms with Crippen LogP contribution >= 0.6 is 0 Å². The second kappa shape index (κ2) is 4.28. The topological polar surface area (TPSA) is 60.9 Å². The fraction of sp³-hybridized carbons (Fsp3) is 0.667. The van der Waals surface area contributed by atoms with Crippen molar-refractivity contribution in [1.82, 2.24) is 9.78 Å². The number of nitrogens with two attached hydrogens (primary N) is 1. The fourth-order valence-electron chi connectivity index (χ4n) is 2.53. The molecular weight excluding hydrogens is 202 g/mol. The van der Waals surface area contributed by atoms with Gasteiger partial charge in [0, 0.05) is 13.0 Å². The molecule has 0 aromatic carbocycles. The van der Waals surface area contributed by atoms with E-state index in [1.807, 2.05) is 0 Å². The van der Waals surface area contributed by atoms with Crippen molar-refractivity contribution >= 4 is 11.6 Å². The van der Waals surface area contributed by atoms with Gasteiger partial charge in [-0.3, -0.25) is 9.48 Å². The molecule has 2 atom stereocenters. The Bertz CT molecular complexity index is 397. The molecule has 0 bridgehead atoms. The lowest BCUT2D eigenvalue weighted by Gasteiger charge is -2.25. The number of rotatable bonds is 2. The summed E-state index contributed by atoms with van der Waals surface area (Å²) in [4.78, 5) is 12.2. The van der Waals surface area contributed by atoms with E-state index in [4.69, 9.17) is 5.73 Å². The van der Waals surface area contributed by atoms with Crippen LogP contribution in [0.2, 0.25) is 0 Å². The van der Waals surface area contributed by atoms with Gasteiger partial charge in [-0.25, -0.2) is 0 Å². The predicted octanol–water partition coefficient (Wildman–Crippen LogP) is 2.01. The third-order valence-electron chi connectivity index (χ3n) is 3.56. The SMILES string of the molecule is CC1CCCC(C(=O)c2cnn(C)c2N)C1. The lowest BCUT2D eigenvalue weighted by molar-refractivity contribution is 0.0869. The Kier molecular flexibility index (Phi) is 2.99. The molecule has 0 spiro atoms. The van der Waals surface area contributed by atoms with E-state index < -0.39 is 0 Å². The average molecular weight is 221 g/mol. The molecule has 1 saturated carbocycles. The first kappa shape index (κ1) is 11.2. The first-order valence-electron chi connectivity index (χ1n) is 5.91. The average Bonchev–Trinajstić information content (AvgIpc) is 2.59.